The number of nitrogens with zero attached hydrogens (tertiary/aromatic N) is 5. The molecule has 1 fully saturated rings. The first-order valence-corrected chi connectivity index (χ1v) is 11.0. The topological polar surface area (TPSA) is 94.3 Å². The third-order valence-electron chi connectivity index (χ3n) is 5.75. The number of fused-ring (bicyclic) bond motifs is 1. The second kappa shape index (κ2) is 9.91. The lowest BCUT2D eigenvalue weighted by Crippen LogP contribution is -2.47. The van der Waals surface area contributed by atoms with E-state index in [4.69, 9.17) is 14.3 Å². The van der Waals surface area contributed by atoms with Crippen LogP contribution >= 0.6 is 0 Å². The molecule has 9 heteroatoms. The van der Waals surface area contributed by atoms with E-state index in [1.54, 1.807) is 6.07 Å². The van der Waals surface area contributed by atoms with Gasteiger partial charge in [-0.3, -0.25) is 0 Å². The van der Waals surface area contributed by atoms with E-state index in [2.05, 4.69) is 63.9 Å². The van der Waals surface area contributed by atoms with Crippen molar-refractivity contribution in [2.24, 2.45) is 9.98 Å². The highest BCUT2D eigenvalue weighted by Crippen LogP contribution is 2.27. The molecule has 3 heterocycles. The fraction of sp³-hybridized carbons (Fsp3) is 0.375. The predicted molar refractivity (Wildman–Crippen MR) is 132 cm³/mol. The SMILES string of the molecule is C=N/C(=C\C(=N/COc1ccc2[nH]c(C)cc2c1C)N1CCN(C)CC1)Nc1cc(C)on1. The molecule has 0 bridgehead atoms. The molecular weight excluding hydrogens is 418 g/mol. The van der Waals surface area contributed by atoms with Gasteiger partial charge in [0.05, 0.1) is 0 Å². The van der Waals surface area contributed by atoms with Crippen LogP contribution in [0, 0.1) is 20.8 Å². The standard InChI is InChI=1S/C24H31N7O2/c1-16-12-19-18(3)21(7-6-20(19)27-16)32-15-26-24(31-10-8-30(5)9-11-31)14-22(25-4)28-23-13-17(2)33-29-23/h6-7,12-14,27H,4,8-11,15H2,1-3,5H3,(H,28,29)/b22-14+,26-24+. The highest BCUT2D eigenvalue weighted by Gasteiger charge is 2.17. The van der Waals surface area contributed by atoms with E-state index in [9.17, 15) is 0 Å². The maximum Gasteiger partial charge on any atom is 0.181 e. The number of ether oxygens (including phenoxy) is 1. The first kappa shape index (κ1) is 22.6. The van der Waals surface area contributed by atoms with Gasteiger partial charge in [0.2, 0.25) is 0 Å². The van der Waals surface area contributed by atoms with Crippen molar-refractivity contribution in [3.8, 4) is 5.75 Å². The Kier molecular flexibility index (Phi) is 6.79. The van der Waals surface area contributed by atoms with Gasteiger partial charge in [0.1, 0.15) is 23.2 Å². The smallest absolute Gasteiger partial charge is 0.181 e. The van der Waals surface area contributed by atoms with Crippen LogP contribution in [0.4, 0.5) is 5.82 Å². The number of nitrogens with one attached hydrogen (secondary N) is 2. The van der Waals surface area contributed by atoms with Crippen molar-refractivity contribution in [1.82, 2.24) is 19.9 Å². The molecule has 0 radical (unpaired) electrons. The van der Waals surface area contributed by atoms with E-state index in [1.807, 2.05) is 25.1 Å². The van der Waals surface area contributed by atoms with Crippen LogP contribution in [-0.4, -0.2) is 72.5 Å². The lowest BCUT2D eigenvalue weighted by Gasteiger charge is -2.33. The van der Waals surface area contributed by atoms with Gasteiger partial charge in [0.25, 0.3) is 0 Å². The van der Waals surface area contributed by atoms with Crippen molar-refractivity contribution in [2.75, 3.05) is 45.3 Å². The highest BCUT2D eigenvalue weighted by atomic mass is 16.5. The fourth-order valence-electron chi connectivity index (χ4n) is 3.87. The van der Waals surface area contributed by atoms with Crippen molar-refractivity contribution >= 4 is 29.3 Å². The van der Waals surface area contributed by atoms with Crippen molar-refractivity contribution in [3.05, 3.63) is 53.2 Å². The summed E-state index contributed by atoms with van der Waals surface area (Å²) < 4.78 is 11.2. The monoisotopic (exact) mass is 449 g/mol. The van der Waals surface area contributed by atoms with E-state index in [-0.39, 0.29) is 6.73 Å². The maximum atomic E-state index is 6.07. The summed E-state index contributed by atoms with van der Waals surface area (Å²) in [5.74, 6) is 3.44. The molecular formula is C24H31N7O2. The second-order valence-corrected chi connectivity index (χ2v) is 8.32. The van der Waals surface area contributed by atoms with E-state index in [0.717, 1.165) is 54.5 Å². The number of aromatic amines is 1. The molecule has 1 aromatic carbocycles. The van der Waals surface area contributed by atoms with Gasteiger partial charge < -0.3 is 29.4 Å². The maximum absolute atomic E-state index is 6.07. The van der Waals surface area contributed by atoms with E-state index >= 15 is 0 Å². The average Bonchev–Trinajstić information content (AvgIpc) is 3.39. The molecule has 1 aliphatic rings. The summed E-state index contributed by atoms with van der Waals surface area (Å²) in [4.78, 5) is 16.8. The molecule has 174 valence electrons. The molecule has 33 heavy (non-hydrogen) atoms. The Labute approximate surface area is 193 Å². The summed E-state index contributed by atoms with van der Waals surface area (Å²) in [5, 5.41) is 8.27. The average molecular weight is 450 g/mol. The summed E-state index contributed by atoms with van der Waals surface area (Å²) in [6.45, 7) is 13.5. The zero-order chi connectivity index (χ0) is 23.4. The molecule has 0 amide bonds. The van der Waals surface area contributed by atoms with Gasteiger partial charge in [0.15, 0.2) is 12.5 Å². The lowest BCUT2D eigenvalue weighted by atomic mass is 10.1. The van der Waals surface area contributed by atoms with Crippen LogP contribution in [0.25, 0.3) is 10.9 Å². The Morgan fingerprint density at radius 1 is 1.24 bits per heavy atom. The lowest BCUT2D eigenvalue weighted by molar-refractivity contribution is 0.214. The largest absolute Gasteiger partial charge is 0.471 e. The Morgan fingerprint density at radius 2 is 2.03 bits per heavy atom. The van der Waals surface area contributed by atoms with Crippen LogP contribution in [0.15, 0.2) is 50.7 Å². The predicted octanol–water partition coefficient (Wildman–Crippen LogP) is 3.72. The Bertz CT molecular complexity index is 1180. The minimum Gasteiger partial charge on any atom is -0.471 e. The number of aryl methyl sites for hydroxylation is 3. The molecule has 0 unspecified atom stereocenters. The molecule has 1 saturated heterocycles. The second-order valence-electron chi connectivity index (χ2n) is 8.32. The highest BCUT2D eigenvalue weighted by molar-refractivity contribution is 5.94. The third-order valence-corrected chi connectivity index (χ3v) is 5.75. The molecule has 3 aromatic rings. The quantitative estimate of drug-likeness (QED) is 0.422. The Hall–Kier alpha value is -3.59. The van der Waals surface area contributed by atoms with Crippen LogP contribution in [0.1, 0.15) is 17.0 Å². The number of hydrogen-bond donors (Lipinski definition) is 2. The van der Waals surface area contributed by atoms with Crippen LogP contribution in [0.3, 0.4) is 0 Å². The number of benzene rings is 1. The summed E-state index contributed by atoms with van der Waals surface area (Å²) in [5.41, 5.74) is 3.34. The number of anilines is 1. The first-order chi connectivity index (χ1) is 15.9. The van der Waals surface area contributed by atoms with Gasteiger partial charge in [-0.05, 0) is 52.7 Å². The zero-order valence-corrected chi connectivity index (χ0v) is 19.7. The number of H-pyrrole nitrogens is 1. The number of aliphatic imine (C=N–C) groups is 2. The molecule has 2 N–H and O–H groups in total. The minimum atomic E-state index is 0.196. The number of likely N-dealkylation sites (N-methyl/N-ethyl adjacent to an activating group) is 1. The molecule has 9 nitrogen and oxygen atoms in total. The normalized spacial score (nSPS) is 15.8. The number of aromatic nitrogens is 2. The summed E-state index contributed by atoms with van der Waals surface area (Å²) in [6, 6.07) is 7.97. The number of hydrogen-bond acceptors (Lipinski definition) is 7. The van der Waals surface area contributed by atoms with E-state index in [0.29, 0.717) is 17.4 Å². The van der Waals surface area contributed by atoms with Gasteiger partial charge in [-0.2, -0.15) is 0 Å². The van der Waals surface area contributed by atoms with Crippen molar-refractivity contribution in [3.63, 3.8) is 0 Å². The number of piperazine rings is 1. The number of amidine groups is 1. The molecule has 2 aromatic heterocycles. The van der Waals surface area contributed by atoms with Gasteiger partial charge in [0, 0.05) is 60.5 Å². The van der Waals surface area contributed by atoms with E-state index in [1.165, 1.54) is 5.39 Å². The first-order valence-electron chi connectivity index (χ1n) is 11.0. The van der Waals surface area contributed by atoms with Gasteiger partial charge in [-0.25, -0.2) is 9.98 Å². The van der Waals surface area contributed by atoms with Gasteiger partial charge in [-0.1, -0.05) is 5.16 Å². The zero-order valence-electron chi connectivity index (χ0n) is 19.7. The van der Waals surface area contributed by atoms with Crippen LogP contribution in [0.5, 0.6) is 5.75 Å². The van der Waals surface area contributed by atoms with Gasteiger partial charge >= 0.3 is 0 Å². The summed E-state index contributed by atoms with van der Waals surface area (Å²) in [7, 11) is 2.12. The van der Waals surface area contributed by atoms with E-state index < -0.39 is 0 Å². The molecule has 1 aliphatic heterocycles. The summed E-state index contributed by atoms with van der Waals surface area (Å²) >= 11 is 0. The fourth-order valence-corrected chi connectivity index (χ4v) is 3.87. The third kappa shape index (κ3) is 5.43. The molecule has 0 saturated carbocycles. The molecule has 4 rings (SSSR count). The van der Waals surface area contributed by atoms with Crippen molar-refractivity contribution in [2.45, 2.75) is 20.8 Å². The van der Waals surface area contributed by atoms with Crippen molar-refractivity contribution in [1.29, 1.82) is 0 Å². The van der Waals surface area contributed by atoms with Crippen LogP contribution in [0.2, 0.25) is 0 Å². The van der Waals surface area contributed by atoms with Crippen LogP contribution < -0.4 is 10.1 Å². The van der Waals surface area contributed by atoms with Crippen molar-refractivity contribution < 1.29 is 9.26 Å². The summed E-state index contributed by atoms with van der Waals surface area (Å²) in [6.07, 6.45) is 1.87. The molecule has 0 atom stereocenters. The van der Waals surface area contributed by atoms with Gasteiger partial charge in [-0.15, -0.1) is 0 Å². The molecule has 0 spiro atoms. The minimum absolute atomic E-state index is 0.196. The Morgan fingerprint density at radius 3 is 2.73 bits per heavy atom. The Balaban J connectivity index is 1.54. The van der Waals surface area contributed by atoms with Crippen LogP contribution in [-0.2, 0) is 0 Å². The number of rotatable bonds is 7. The molecule has 0 aliphatic carbocycles.